The molecule has 2 fully saturated rings. The zero-order chi connectivity index (χ0) is 20.1. The lowest BCUT2D eigenvalue weighted by atomic mass is 10.1. The normalized spacial score (nSPS) is 23.0. The van der Waals surface area contributed by atoms with Gasteiger partial charge in [-0.2, -0.15) is 5.26 Å². The Labute approximate surface area is 164 Å². The number of hydrogen-bond acceptors (Lipinski definition) is 4. The zero-order valence-corrected chi connectivity index (χ0v) is 16.6. The highest BCUT2D eigenvalue weighted by Crippen LogP contribution is 2.37. The molecule has 2 atom stereocenters. The third kappa shape index (κ3) is 3.14. The fourth-order valence-electron chi connectivity index (χ4n) is 4.16. The number of urea groups is 1. The maximum absolute atomic E-state index is 13.3. The van der Waals surface area contributed by atoms with Crippen molar-refractivity contribution in [3.05, 3.63) is 64.7 Å². The second-order valence-electron chi connectivity index (χ2n) is 7.59. The van der Waals surface area contributed by atoms with Crippen molar-refractivity contribution >= 4 is 21.6 Å². The van der Waals surface area contributed by atoms with Crippen LogP contribution >= 0.6 is 0 Å². The van der Waals surface area contributed by atoms with Crippen LogP contribution in [0.5, 0.6) is 0 Å². The Morgan fingerprint density at radius 3 is 2.61 bits per heavy atom. The number of anilines is 1. The first-order valence-electron chi connectivity index (χ1n) is 9.15. The summed E-state index contributed by atoms with van der Waals surface area (Å²) in [6.07, 6.45) is 0. The van der Waals surface area contributed by atoms with Crippen LogP contribution in [0.3, 0.4) is 0 Å². The van der Waals surface area contributed by atoms with Crippen LogP contribution in [0.1, 0.15) is 22.3 Å². The number of carbonyl (C=O) groups is 1. The second-order valence-corrected chi connectivity index (χ2v) is 9.75. The van der Waals surface area contributed by atoms with E-state index in [1.807, 2.05) is 38.1 Å². The Morgan fingerprint density at radius 1 is 1.11 bits per heavy atom. The van der Waals surface area contributed by atoms with Crippen molar-refractivity contribution in [1.82, 2.24) is 4.90 Å². The fourth-order valence-corrected chi connectivity index (χ4v) is 6.11. The Kier molecular flexibility index (Phi) is 4.39. The van der Waals surface area contributed by atoms with Gasteiger partial charge in [-0.25, -0.2) is 13.2 Å². The van der Waals surface area contributed by atoms with E-state index in [0.29, 0.717) is 5.56 Å². The summed E-state index contributed by atoms with van der Waals surface area (Å²) in [4.78, 5) is 16.6. The highest BCUT2D eigenvalue weighted by atomic mass is 32.2. The number of sulfone groups is 1. The molecular formula is C21H21N3O3S. The van der Waals surface area contributed by atoms with Gasteiger partial charge in [0.1, 0.15) is 0 Å². The van der Waals surface area contributed by atoms with Gasteiger partial charge < -0.3 is 4.90 Å². The largest absolute Gasteiger partial charge is 0.325 e. The van der Waals surface area contributed by atoms with E-state index in [2.05, 4.69) is 6.07 Å². The van der Waals surface area contributed by atoms with Crippen molar-refractivity contribution in [3.8, 4) is 6.07 Å². The average molecular weight is 395 g/mol. The van der Waals surface area contributed by atoms with E-state index >= 15 is 0 Å². The van der Waals surface area contributed by atoms with Gasteiger partial charge in [0, 0.05) is 12.2 Å². The predicted octanol–water partition coefficient (Wildman–Crippen LogP) is 2.78. The van der Waals surface area contributed by atoms with Gasteiger partial charge in [-0.3, -0.25) is 4.90 Å². The van der Waals surface area contributed by atoms with Crippen molar-refractivity contribution in [1.29, 1.82) is 5.26 Å². The zero-order valence-electron chi connectivity index (χ0n) is 15.8. The van der Waals surface area contributed by atoms with Crippen molar-refractivity contribution in [2.75, 3.05) is 16.4 Å². The van der Waals surface area contributed by atoms with Crippen LogP contribution < -0.4 is 4.90 Å². The average Bonchev–Trinajstić information content (AvgIpc) is 3.08. The van der Waals surface area contributed by atoms with E-state index in [4.69, 9.17) is 5.26 Å². The molecule has 0 aliphatic carbocycles. The Balaban J connectivity index is 1.74. The molecule has 0 saturated carbocycles. The van der Waals surface area contributed by atoms with Gasteiger partial charge in [-0.05, 0) is 48.7 Å². The summed E-state index contributed by atoms with van der Waals surface area (Å²) in [5, 5.41) is 9.12. The molecule has 0 aromatic heterocycles. The molecule has 0 unspecified atom stereocenters. The van der Waals surface area contributed by atoms with Crippen molar-refractivity contribution in [3.63, 3.8) is 0 Å². The predicted molar refractivity (Wildman–Crippen MR) is 107 cm³/mol. The van der Waals surface area contributed by atoms with Gasteiger partial charge in [-0.1, -0.05) is 24.3 Å². The third-order valence-corrected chi connectivity index (χ3v) is 7.21. The van der Waals surface area contributed by atoms with Gasteiger partial charge in [0.2, 0.25) is 0 Å². The van der Waals surface area contributed by atoms with Crippen LogP contribution in [0, 0.1) is 25.2 Å². The summed E-state index contributed by atoms with van der Waals surface area (Å²) >= 11 is 0. The van der Waals surface area contributed by atoms with Gasteiger partial charge in [0.25, 0.3) is 0 Å². The molecule has 2 aliphatic rings. The molecule has 6 nitrogen and oxygen atoms in total. The molecule has 0 bridgehead atoms. The molecule has 0 radical (unpaired) electrons. The molecule has 2 saturated heterocycles. The van der Waals surface area contributed by atoms with E-state index in [-0.39, 0.29) is 30.1 Å². The number of aryl methyl sites for hydroxylation is 2. The highest BCUT2D eigenvalue weighted by Gasteiger charge is 2.54. The number of nitriles is 1. The lowest BCUT2D eigenvalue weighted by molar-refractivity contribution is 0.206. The summed E-state index contributed by atoms with van der Waals surface area (Å²) < 4.78 is 24.7. The number of benzene rings is 2. The maximum atomic E-state index is 13.3. The van der Waals surface area contributed by atoms with Crippen molar-refractivity contribution in [2.45, 2.75) is 32.5 Å². The van der Waals surface area contributed by atoms with E-state index < -0.39 is 15.9 Å². The molecule has 2 amide bonds. The van der Waals surface area contributed by atoms with Gasteiger partial charge in [0.05, 0.1) is 35.2 Å². The number of carbonyl (C=O) groups excluding carboxylic acids is 1. The van der Waals surface area contributed by atoms with E-state index in [1.54, 1.807) is 28.0 Å². The smallest absolute Gasteiger partial charge is 0.314 e. The molecule has 28 heavy (non-hydrogen) atoms. The molecule has 2 heterocycles. The monoisotopic (exact) mass is 395 g/mol. The van der Waals surface area contributed by atoms with Gasteiger partial charge >= 0.3 is 6.03 Å². The van der Waals surface area contributed by atoms with Crippen LogP contribution in [0.15, 0.2) is 42.5 Å². The summed E-state index contributed by atoms with van der Waals surface area (Å²) in [7, 11) is -3.22. The molecule has 144 valence electrons. The molecule has 2 aliphatic heterocycles. The standard InChI is InChI=1S/C21H21N3O3S/c1-14-6-7-15(2)18(8-14)24-20-13-28(26,27)12-19(20)23(21(24)25)11-17-5-3-4-16(9-17)10-22/h3-9,19-20H,11-13H2,1-2H3/t19-,20+/m1/s1. The molecule has 2 aromatic rings. The van der Waals surface area contributed by atoms with Crippen LogP contribution in [-0.2, 0) is 16.4 Å². The fraction of sp³-hybridized carbons (Fsp3) is 0.333. The summed E-state index contributed by atoms with van der Waals surface area (Å²) in [6, 6.07) is 14.1. The minimum Gasteiger partial charge on any atom is -0.314 e. The van der Waals surface area contributed by atoms with Crippen LogP contribution in [-0.4, -0.2) is 42.9 Å². The van der Waals surface area contributed by atoms with Crippen LogP contribution in [0.2, 0.25) is 0 Å². The first kappa shape index (κ1) is 18.5. The molecule has 2 aromatic carbocycles. The molecule has 0 N–H and O–H groups in total. The van der Waals surface area contributed by atoms with Crippen LogP contribution in [0.25, 0.3) is 0 Å². The summed E-state index contributed by atoms with van der Waals surface area (Å²) in [6.45, 7) is 4.17. The SMILES string of the molecule is Cc1ccc(C)c(N2C(=O)N(Cc3cccc(C#N)c3)[C@@H]3CS(=O)(=O)C[C@@H]32)c1. The maximum Gasteiger partial charge on any atom is 0.325 e. The summed E-state index contributed by atoms with van der Waals surface area (Å²) in [5.74, 6) is -0.0474. The number of nitrogens with zero attached hydrogens (tertiary/aromatic N) is 3. The number of amides is 2. The molecule has 4 rings (SSSR count). The highest BCUT2D eigenvalue weighted by molar-refractivity contribution is 7.91. The van der Waals surface area contributed by atoms with E-state index in [9.17, 15) is 13.2 Å². The van der Waals surface area contributed by atoms with E-state index in [0.717, 1.165) is 22.4 Å². The topological polar surface area (TPSA) is 81.5 Å². The summed E-state index contributed by atoms with van der Waals surface area (Å²) in [5.41, 5.74) is 4.07. The first-order chi connectivity index (χ1) is 13.3. The Bertz CT molecular complexity index is 1100. The third-order valence-electron chi connectivity index (χ3n) is 5.51. The number of fused-ring (bicyclic) bond motifs is 1. The first-order valence-corrected chi connectivity index (χ1v) is 11.0. The number of rotatable bonds is 3. The Morgan fingerprint density at radius 2 is 1.86 bits per heavy atom. The quantitative estimate of drug-likeness (QED) is 0.749. The lowest BCUT2D eigenvalue weighted by Gasteiger charge is -2.24. The molecule has 7 heteroatoms. The minimum atomic E-state index is -3.22. The van der Waals surface area contributed by atoms with Crippen LogP contribution in [0.4, 0.5) is 10.5 Å². The van der Waals surface area contributed by atoms with Crippen molar-refractivity contribution in [2.24, 2.45) is 0 Å². The number of hydrogen-bond donors (Lipinski definition) is 0. The Hall–Kier alpha value is -2.85. The minimum absolute atomic E-state index is 0.0223. The second kappa shape index (κ2) is 6.64. The molecule has 0 spiro atoms. The lowest BCUT2D eigenvalue weighted by Crippen LogP contribution is -2.38. The van der Waals surface area contributed by atoms with Crippen molar-refractivity contribution < 1.29 is 13.2 Å². The van der Waals surface area contributed by atoms with Gasteiger partial charge in [0.15, 0.2) is 9.84 Å². The van der Waals surface area contributed by atoms with E-state index in [1.165, 1.54) is 0 Å². The molecular weight excluding hydrogens is 374 g/mol. The van der Waals surface area contributed by atoms with Gasteiger partial charge in [-0.15, -0.1) is 0 Å².